The molecule has 1 atom stereocenters. The molecule has 0 aliphatic carbocycles. The highest BCUT2D eigenvalue weighted by atomic mass is 35.5. The van der Waals surface area contributed by atoms with E-state index in [0.717, 1.165) is 11.4 Å². The first-order valence-electron chi connectivity index (χ1n) is 4.62. The highest BCUT2D eigenvalue weighted by molar-refractivity contribution is 5.99. The minimum absolute atomic E-state index is 0. The molecule has 0 saturated carbocycles. The Labute approximate surface area is 107 Å². The van der Waals surface area contributed by atoms with E-state index in [2.05, 4.69) is 10.3 Å². The minimum atomic E-state index is -0.137. The summed E-state index contributed by atoms with van der Waals surface area (Å²) >= 11 is 0. The van der Waals surface area contributed by atoms with Crippen LogP contribution in [0.5, 0.6) is 0 Å². The molecule has 0 aromatic carbocycles. The molecular weight excluding hydrogens is 249 g/mol. The molecule has 1 unspecified atom stereocenters. The Kier molecular flexibility index (Phi) is 5.72. The Morgan fingerprint density at radius 2 is 2.19 bits per heavy atom. The Morgan fingerprint density at radius 1 is 1.50 bits per heavy atom. The average molecular weight is 264 g/mol. The molecule has 2 rings (SSSR count). The maximum atomic E-state index is 11.8. The van der Waals surface area contributed by atoms with Gasteiger partial charge in [0.25, 0.3) is 0 Å². The van der Waals surface area contributed by atoms with E-state index in [1.54, 1.807) is 25.2 Å². The number of nitrogens with one attached hydrogen (secondary N) is 1. The van der Waals surface area contributed by atoms with Crippen molar-refractivity contribution >= 4 is 36.4 Å². The third kappa shape index (κ3) is 2.45. The molecule has 90 valence electrons. The Hall–Kier alpha value is -0.840. The molecule has 2 heterocycles. The Morgan fingerprint density at radius 3 is 2.81 bits per heavy atom. The number of likely N-dealkylation sites (N-methyl/N-ethyl adjacent to an activating group) is 2. The molecule has 1 aliphatic heterocycles. The van der Waals surface area contributed by atoms with Gasteiger partial charge in [0.2, 0.25) is 5.91 Å². The third-order valence-corrected chi connectivity index (χ3v) is 2.60. The van der Waals surface area contributed by atoms with Crippen LogP contribution in [-0.2, 0) is 11.2 Å². The maximum absolute atomic E-state index is 11.8. The van der Waals surface area contributed by atoms with Crippen LogP contribution < -0.4 is 10.2 Å². The Balaban J connectivity index is 0.00000112. The van der Waals surface area contributed by atoms with E-state index in [0.29, 0.717) is 6.42 Å². The van der Waals surface area contributed by atoms with Crippen LogP contribution in [0.2, 0.25) is 0 Å². The summed E-state index contributed by atoms with van der Waals surface area (Å²) in [6.07, 6.45) is 2.44. The summed E-state index contributed by atoms with van der Waals surface area (Å²) in [5.74, 6) is 0.105. The molecule has 1 aromatic rings. The average Bonchev–Trinajstić information content (AvgIpc) is 2.23. The van der Waals surface area contributed by atoms with Gasteiger partial charge in [-0.3, -0.25) is 9.78 Å². The predicted molar refractivity (Wildman–Crippen MR) is 68.7 cm³/mol. The molecule has 6 heteroatoms. The molecule has 4 nitrogen and oxygen atoms in total. The van der Waals surface area contributed by atoms with Crippen molar-refractivity contribution in [2.45, 2.75) is 12.5 Å². The maximum Gasteiger partial charge on any atom is 0.244 e. The highest BCUT2D eigenvalue weighted by Crippen LogP contribution is 2.23. The molecule has 0 fully saturated rings. The van der Waals surface area contributed by atoms with Gasteiger partial charge < -0.3 is 10.2 Å². The minimum Gasteiger partial charge on any atom is -0.312 e. The molecule has 1 aromatic heterocycles. The normalized spacial score (nSPS) is 18.2. The molecule has 0 radical (unpaired) electrons. The fraction of sp³-hybridized carbons (Fsp3) is 0.400. The van der Waals surface area contributed by atoms with E-state index >= 15 is 0 Å². The number of rotatable bonds is 1. The first-order chi connectivity index (χ1) is 6.74. The number of nitrogens with zero attached hydrogens (tertiary/aromatic N) is 2. The van der Waals surface area contributed by atoms with Crippen LogP contribution in [-0.4, -0.2) is 31.0 Å². The second-order valence-corrected chi connectivity index (χ2v) is 3.41. The number of pyridine rings is 1. The number of amides is 1. The quantitative estimate of drug-likeness (QED) is 0.824. The zero-order chi connectivity index (χ0) is 10.1. The Bertz CT molecular complexity index is 373. The van der Waals surface area contributed by atoms with E-state index in [1.807, 2.05) is 12.1 Å². The van der Waals surface area contributed by atoms with Crippen LogP contribution in [0.1, 0.15) is 5.69 Å². The van der Waals surface area contributed by atoms with E-state index < -0.39 is 0 Å². The molecule has 0 spiro atoms. The first kappa shape index (κ1) is 15.2. The lowest BCUT2D eigenvalue weighted by molar-refractivity contribution is -0.120. The van der Waals surface area contributed by atoms with Crippen LogP contribution in [0.3, 0.4) is 0 Å². The number of halogens is 2. The smallest absolute Gasteiger partial charge is 0.244 e. The first-order valence-corrected chi connectivity index (χ1v) is 4.62. The second kappa shape index (κ2) is 6.03. The monoisotopic (exact) mass is 263 g/mol. The number of hydrogen-bond donors (Lipinski definition) is 1. The van der Waals surface area contributed by atoms with Crippen molar-refractivity contribution in [2.24, 2.45) is 0 Å². The molecule has 1 N–H and O–H groups in total. The van der Waals surface area contributed by atoms with Crippen molar-refractivity contribution in [3.05, 3.63) is 24.0 Å². The van der Waals surface area contributed by atoms with Crippen molar-refractivity contribution in [3.8, 4) is 0 Å². The van der Waals surface area contributed by atoms with Gasteiger partial charge in [0.15, 0.2) is 0 Å². The lowest BCUT2D eigenvalue weighted by Gasteiger charge is -2.30. The number of carbonyl (C=O) groups excluding carboxylic acids is 1. The molecule has 1 aliphatic rings. The van der Waals surface area contributed by atoms with Gasteiger partial charge in [-0.2, -0.15) is 0 Å². The summed E-state index contributed by atoms with van der Waals surface area (Å²) in [5, 5.41) is 2.99. The molecule has 0 saturated heterocycles. The molecule has 1 amide bonds. The zero-order valence-electron chi connectivity index (χ0n) is 9.14. The summed E-state index contributed by atoms with van der Waals surface area (Å²) in [6.45, 7) is 0. The van der Waals surface area contributed by atoms with Gasteiger partial charge in [0.05, 0.1) is 17.4 Å². The number of anilines is 1. The van der Waals surface area contributed by atoms with Gasteiger partial charge in [0.1, 0.15) is 0 Å². The second-order valence-electron chi connectivity index (χ2n) is 3.41. The van der Waals surface area contributed by atoms with Crippen LogP contribution >= 0.6 is 24.8 Å². The van der Waals surface area contributed by atoms with Gasteiger partial charge in [-0.15, -0.1) is 24.8 Å². The topological polar surface area (TPSA) is 45.2 Å². The summed E-state index contributed by atoms with van der Waals surface area (Å²) in [7, 11) is 3.58. The van der Waals surface area contributed by atoms with Crippen LogP contribution in [0.4, 0.5) is 5.69 Å². The van der Waals surface area contributed by atoms with E-state index in [-0.39, 0.29) is 36.8 Å². The van der Waals surface area contributed by atoms with Crippen molar-refractivity contribution in [1.82, 2.24) is 10.3 Å². The highest BCUT2D eigenvalue weighted by Gasteiger charge is 2.29. The van der Waals surface area contributed by atoms with Gasteiger partial charge in [-0.05, 0) is 19.2 Å². The zero-order valence-corrected chi connectivity index (χ0v) is 10.8. The fourth-order valence-corrected chi connectivity index (χ4v) is 1.75. The van der Waals surface area contributed by atoms with Gasteiger partial charge >= 0.3 is 0 Å². The van der Waals surface area contributed by atoms with E-state index in [4.69, 9.17) is 0 Å². The molecule has 16 heavy (non-hydrogen) atoms. The molecular formula is C10H15Cl2N3O. The number of fused-ring (bicyclic) bond motifs is 1. The van der Waals surface area contributed by atoms with Crippen molar-refractivity contribution < 1.29 is 4.79 Å². The van der Waals surface area contributed by atoms with Gasteiger partial charge in [-0.1, -0.05) is 0 Å². The van der Waals surface area contributed by atoms with Crippen LogP contribution in [0, 0.1) is 0 Å². The predicted octanol–water partition coefficient (Wildman–Crippen LogP) is 1.03. The lowest BCUT2D eigenvalue weighted by atomic mass is 10.0. The van der Waals surface area contributed by atoms with Gasteiger partial charge in [0, 0.05) is 19.7 Å². The number of aromatic nitrogens is 1. The lowest BCUT2D eigenvalue weighted by Crippen LogP contribution is -2.48. The van der Waals surface area contributed by atoms with Gasteiger partial charge in [-0.25, -0.2) is 0 Å². The molecule has 0 bridgehead atoms. The fourth-order valence-electron chi connectivity index (χ4n) is 1.75. The largest absolute Gasteiger partial charge is 0.312 e. The summed E-state index contributed by atoms with van der Waals surface area (Å²) in [4.78, 5) is 17.7. The van der Waals surface area contributed by atoms with Crippen molar-refractivity contribution in [2.75, 3.05) is 19.0 Å². The third-order valence-electron chi connectivity index (χ3n) is 2.60. The number of hydrogen-bond acceptors (Lipinski definition) is 3. The van der Waals surface area contributed by atoms with Crippen molar-refractivity contribution in [3.63, 3.8) is 0 Å². The van der Waals surface area contributed by atoms with E-state index in [1.165, 1.54) is 0 Å². The number of carbonyl (C=O) groups is 1. The SMILES string of the molecule is CNC1Cc2ncccc2N(C)C1=O.Cl.Cl. The summed E-state index contributed by atoms with van der Waals surface area (Å²) in [6, 6.07) is 3.64. The standard InChI is InChI=1S/C10H13N3O.2ClH/c1-11-8-6-7-9(4-3-5-12-7)13(2)10(8)14;;/h3-5,8,11H,6H2,1-2H3;2*1H. The summed E-state index contributed by atoms with van der Waals surface area (Å²) < 4.78 is 0. The van der Waals surface area contributed by atoms with Crippen LogP contribution in [0.25, 0.3) is 0 Å². The van der Waals surface area contributed by atoms with Crippen LogP contribution in [0.15, 0.2) is 18.3 Å². The van der Waals surface area contributed by atoms with Crippen molar-refractivity contribution in [1.29, 1.82) is 0 Å². The summed E-state index contributed by atoms with van der Waals surface area (Å²) in [5.41, 5.74) is 1.90. The van der Waals surface area contributed by atoms with E-state index in [9.17, 15) is 4.79 Å².